The maximum absolute atomic E-state index is 4.81. The molecule has 5 aromatic heterocycles. The topological polar surface area (TPSA) is 56.5 Å². The molecule has 9 rings (SSSR count). The molecule has 0 aliphatic heterocycles. The van der Waals surface area contributed by atoms with E-state index < -0.39 is 0 Å². The molecule has 0 aliphatic carbocycles. The van der Waals surface area contributed by atoms with Crippen molar-refractivity contribution in [1.29, 1.82) is 0 Å². The van der Waals surface area contributed by atoms with E-state index in [-0.39, 0.29) is 0 Å². The third-order valence-corrected chi connectivity index (χ3v) is 9.85. The number of thiazole rings is 2. The van der Waals surface area contributed by atoms with Crippen molar-refractivity contribution in [2.24, 2.45) is 0 Å². The highest BCUT2D eigenvalue weighted by Crippen LogP contribution is 2.42. The zero-order chi connectivity index (χ0) is 29.7. The Hall–Kier alpha value is -5.50. The second-order valence-corrected chi connectivity index (χ2v) is 12.6. The largest absolute Gasteiger partial charge is 0.309 e. The van der Waals surface area contributed by atoms with Gasteiger partial charge < -0.3 is 4.57 Å². The molecule has 0 saturated carbocycles. The zero-order valence-electron chi connectivity index (χ0n) is 23.8. The van der Waals surface area contributed by atoms with E-state index in [4.69, 9.17) is 9.97 Å². The van der Waals surface area contributed by atoms with Crippen LogP contribution in [-0.4, -0.2) is 24.5 Å². The molecule has 5 nitrogen and oxygen atoms in total. The lowest BCUT2D eigenvalue weighted by Crippen LogP contribution is -1.94. The Labute approximate surface area is 266 Å². The summed E-state index contributed by atoms with van der Waals surface area (Å²) in [5, 5.41) is 10.7. The molecule has 45 heavy (non-hydrogen) atoms. The van der Waals surface area contributed by atoms with Gasteiger partial charge in [-0.05, 0) is 58.3 Å². The van der Waals surface area contributed by atoms with Crippen LogP contribution in [0.25, 0.3) is 81.9 Å². The molecule has 4 aromatic carbocycles. The summed E-state index contributed by atoms with van der Waals surface area (Å²) in [6, 6.07) is 36.8. The quantitative estimate of drug-likeness (QED) is 0.194. The molecule has 0 atom stereocenters. The SMILES string of the molecule is c1ccc(-n2c3cc(-c4ccc(-c5nccs5)nc4)ccc3c3c4ccccc4c(-c4ccc(-c5nccs5)nc4)cc32)cc1. The van der Waals surface area contributed by atoms with Crippen LogP contribution in [0.3, 0.4) is 0 Å². The van der Waals surface area contributed by atoms with E-state index in [1.54, 1.807) is 22.7 Å². The van der Waals surface area contributed by atoms with Gasteiger partial charge in [0.05, 0.1) is 22.4 Å². The van der Waals surface area contributed by atoms with E-state index in [9.17, 15) is 0 Å². The normalized spacial score (nSPS) is 11.6. The van der Waals surface area contributed by atoms with E-state index in [0.29, 0.717) is 0 Å². The van der Waals surface area contributed by atoms with E-state index in [0.717, 1.165) is 60.4 Å². The first-order valence-corrected chi connectivity index (χ1v) is 16.4. The Morgan fingerprint density at radius 3 is 1.78 bits per heavy atom. The minimum atomic E-state index is 0.888. The van der Waals surface area contributed by atoms with Crippen molar-refractivity contribution in [2.45, 2.75) is 0 Å². The fraction of sp³-hybridized carbons (Fsp3) is 0. The Morgan fingerprint density at radius 2 is 1.13 bits per heavy atom. The lowest BCUT2D eigenvalue weighted by molar-refractivity contribution is 1.18. The smallest absolute Gasteiger partial charge is 0.141 e. The summed E-state index contributed by atoms with van der Waals surface area (Å²) >= 11 is 3.20. The highest BCUT2D eigenvalue weighted by atomic mass is 32.1. The predicted molar refractivity (Wildman–Crippen MR) is 187 cm³/mol. The third kappa shape index (κ3) is 4.36. The molecule has 0 aliphatic rings. The summed E-state index contributed by atoms with van der Waals surface area (Å²) in [5.74, 6) is 0. The van der Waals surface area contributed by atoms with Gasteiger partial charge >= 0.3 is 0 Å². The first kappa shape index (κ1) is 25.9. The molecule has 9 aromatic rings. The molecular formula is C38H23N5S2. The zero-order valence-corrected chi connectivity index (χ0v) is 25.5. The summed E-state index contributed by atoms with van der Waals surface area (Å²) in [7, 11) is 0. The number of para-hydroxylation sites is 1. The number of hydrogen-bond acceptors (Lipinski definition) is 6. The van der Waals surface area contributed by atoms with Crippen LogP contribution in [-0.2, 0) is 0 Å². The summed E-state index contributed by atoms with van der Waals surface area (Å²) in [4.78, 5) is 18.4. The molecule has 0 radical (unpaired) electrons. The highest BCUT2D eigenvalue weighted by Gasteiger charge is 2.19. The fourth-order valence-electron chi connectivity index (χ4n) is 6.22. The van der Waals surface area contributed by atoms with Crippen molar-refractivity contribution in [3.05, 3.63) is 139 Å². The second kappa shape index (κ2) is 10.6. The Balaban J connectivity index is 1.28. The Bertz CT molecular complexity index is 2450. The number of aromatic nitrogens is 5. The lowest BCUT2D eigenvalue weighted by atomic mass is 9.95. The van der Waals surface area contributed by atoms with Gasteiger partial charge in [0, 0.05) is 63.1 Å². The fourth-order valence-corrected chi connectivity index (χ4v) is 7.45. The monoisotopic (exact) mass is 613 g/mol. The number of rotatable bonds is 5. The van der Waals surface area contributed by atoms with Crippen molar-refractivity contribution in [1.82, 2.24) is 24.5 Å². The van der Waals surface area contributed by atoms with Crippen LogP contribution in [0.15, 0.2) is 139 Å². The van der Waals surface area contributed by atoms with Gasteiger partial charge in [-0.1, -0.05) is 66.7 Å². The minimum absolute atomic E-state index is 0.888. The molecule has 0 fully saturated rings. The molecule has 0 amide bonds. The summed E-state index contributed by atoms with van der Waals surface area (Å²) < 4.78 is 2.39. The van der Waals surface area contributed by atoms with Crippen LogP contribution >= 0.6 is 22.7 Å². The first-order chi connectivity index (χ1) is 22.3. The number of pyridine rings is 2. The van der Waals surface area contributed by atoms with E-state index in [1.807, 2.05) is 35.5 Å². The first-order valence-electron chi connectivity index (χ1n) is 14.6. The maximum atomic E-state index is 4.81. The van der Waals surface area contributed by atoms with Crippen molar-refractivity contribution < 1.29 is 0 Å². The average molecular weight is 614 g/mol. The van der Waals surface area contributed by atoms with Crippen LogP contribution in [0.1, 0.15) is 0 Å². The van der Waals surface area contributed by atoms with Crippen molar-refractivity contribution in [3.8, 4) is 49.3 Å². The number of nitrogens with zero attached hydrogens (tertiary/aromatic N) is 5. The van der Waals surface area contributed by atoms with Crippen molar-refractivity contribution in [2.75, 3.05) is 0 Å². The maximum Gasteiger partial charge on any atom is 0.141 e. The molecule has 0 saturated heterocycles. The number of hydrogen-bond donors (Lipinski definition) is 0. The van der Waals surface area contributed by atoms with Crippen molar-refractivity contribution in [3.63, 3.8) is 0 Å². The summed E-state index contributed by atoms with van der Waals surface area (Å²) in [6.45, 7) is 0. The Morgan fingerprint density at radius 1 is 0.489 bits per heavy atom. The van der Waals surface area contributed by atoms with Crippen LogP contribution in [0.4, 0.5) is 0 Å². The number of fused-ring (bicyclic) bond motifs is 5. The van der Waals surface area contributed by atoms with Gasteiger partial charge in [0.15, 0.2) is 0 Å². The van der Waals surface area contributed by atoms with Gasteiger partial charge in [-0.15, -0.1) is 22.7 Å². The van der Waals surface area contributed by atoms with Gasteiger partial charge in [-0.3, -0.25) is 9.97 Å². The van der Waals surface area contributed by atoms with Gasteiger partial charge in [-0.25, -0.2) is 9.97 Å². The summed E-state index contributed by atoms with van der Waals surface area (Å²) in [5.41, 5.74) is 9.61. The Kier molecular flexibility index (Phi) is 6.11. The van der Waals surface area contributed by atoms with Crippen molar-refractivity contribution >= 4 is 55.3 Å². The van der Waals surface area contributed by atoms with Crippen LogP contribution < -0.4 is 0 Å². The van der Waals surface area contributed by atoms with Gasteiger partial charge in [0.25, 0.3) is 0 Å². The average Bonchev–Trinajstić information content (AvgIpc) is 3.90. The third-order valence-electron chi connectivity index (χ3n) is 8.26. The van der Waals surface area contributed by atoms with E-state index in [1.165, 1.54) is 21.5 Å². The van der Waals surface area contributed by atoms with Crippen LogP contribution in [0.2, 0.25) is 0 Å². The lowest BCUT2D eigenvalue weighted by Gasteiger charge is -2.12. The van der Waals surface area contributed by atoms with Crippen LogP contribution in [0.5, 0.6) is 0 Å². The number of benzene rings is 4. The molecule has 7 heteroatoms. The highest BCUT2D eigenvalue weighted by molar-refractivity contribution is 7.13. The predicted octanol–water partition coefficient (Wildman–Crippen LogP) is 10.3. The molecule has 212 valence electrons. The molecule has 0 unspecified atom stereocenters. The summed E-state index contributed by atoms with van der Waals surface area (Å²) in [6.07, 6.45) is 7.55. The molecule has 0 N–H and O–H groups in total. The standard InChI is InChI=1S/C38H23N5S2/c1-2-6-27(7-3-1)43-34-20-24(25-11-14-32(41-22-25)37-39-16-18-44-37)10-13-30(34)36-29-9-5-4-8-28(29)31(21-35(36)43)26-12-15-33(42-23-26)38-40-17-19-45-38/h1-23H. The minimum Gasteiger partial charge on any atom is -0.309 e. The molecule has 5 heterocycles. The van der Waals surface area contributed by atoms with Gasteiger partial charge in [-0.2, -0.15) is 0 Å². The molecule has 0 bridgehead atoms. The van der Waals surface area contributed by atoms with Gasteiger partial charge in [0.1, 0.15) is 10.0 Å². The van der Waals surface area contributed by atoms with E-state index >= 15 is 0 Å². The second-order valence-electron chi connectivity index (χ2n) is 10.8. The molecular weight excluding hydrogens is 591 g/mol. The van der Waals surface area contributed by atoms with Crippen LogP contribution in [0, 0.1) is 0 Å². The van der Waals surface area contributed by atoms with E-state index in [2.05, 4.69) is 118 Å². The molecule has 0 spiro atoms. The van der Waals surface area contributed by atoms with Gasteiger partial charge in [0.2, 0.25) is 0 Å².